The predicted octanol–water partition coefficient (Wildman–Crippen LogP) is 4.61. The van der Waals surface area contributed by atoms with Crippen LogP contribution in [0.25, 0.3) is 11.1 Å². The van der Waals surface area contributed by atoms with Crippen molar-refractivity contribution >= 4 is 23.3 Å². The number of pyridine rings is 1. The van der Waals surface area contributed by atoms with Crippen molar-refractivity contribution in [2.24, 2.45) is 5.92 Å². The van der Waals surface area contributed by atoms with Crippen LogP contribution >= 0.6 is 11.6 Å². The lowest BCUT2D eigenvalue weighted by Crippen LogP contribution is -2.40. The maximum atomic E-state index is 12.9. The van der Waals surface area contributed by atoms with Crippen LogP contribution < -0.4 is 16.2 Å². The molecular formula is C19H16ClF3N4O. The quantitative estimate of drug-likeness (QED) is 0.511. The Labute approximate surface area is 164 Å². The van der Waals surface area contributed by atoms with Crippen LogP contribution in [0.1, 0.15) is 0 Å². The first-order chi connectivity index (χ1) is 13.3. The van der Waals surface area contributed by atoms with Crippen molar-refractivity contribution < 1.29 is 18.0 Å². The zero-order chi connectivity index (χ0) is 20.1. The summed E-state index contributed by atoms with van der Waals surface area (Å²) in [6, 6.07) is 10.3. The van der Waals surface area contributed by atoms with Gasteiger partial charge in [0, 0.05) is 18.1 Å². The standard InChI is InChI=1S/C19H16ClF3N4O/c20-17-6-5-15(11-16(17)19(21,22)23)25-18(28)27-26-14-3-1-12(2-4-14)13-7-9-24-10-8-13/h1-11,16-17,26H,(H2,25,27,28). The number of halogens is 4. The molecule has 1 aromatic carbocycles. The summed E-state index contributed by atoms with van der Waals surface area (Å²) >= 11 is 5.67. The molecule has 28 heavy (non-hydrogen) atoms. The van der Waals surface area contributed by atoms with Gasteiger partial charge in [0.1, 0.15) is 0 Å². The highest BCUT2D eigenvalue weighted by molar-refractivity contribution is 6.22. The Kier molecular flexibility index (Phi) is 5.89. The zero-order valence-electron chi connectivity index (χ0n) is 14.4. The predicted molar refractivity (Wildman–Crippen MR) is 101 cm³/mol. The highest BCUT2D eigenvalue weighted by Gasteiger charge is 2.43. The number of nitrogens with one attached hydrogen (secondary N) is 3. The van der Waals surface area contributed by atoms with Gasteiger partial charge in [-0.25, -0.2) is 4.79 Å². The SMILES string of the molecule is O=C(NNc1ccc(-c2ccncc2)cc1)NC1=CC(C(F)(F)F)C(Cl)C=C1. The van der Waals surface area contributed by atoms with E-state index in [1.54, 1.807) is 24.5 Å². The number of anilines is 1. The van der Waals surface area contributed by atoms with Crippen molar-refractivity contribution in [3.8, 4) is 11.1 Å². The third-order valence-electron chi connectivity index (χ3n) is 4.02. The Hall–Kier alpha value is -3.00. The average molecular weight is 409 g/mol. The molecule has 0 bridgehead atoms. The first-order valence-corrected chi connectivity index (χ1v) is 8.71. The van der Waals surface area contributed by atoms with Gasteiger partial charge in [-0.15, -0.1) is 11.6 Å². The molecule has 1 heterocycles. The third kappa shape index (κ3) is 5.04. The minimum absolute atomic E-state index is 0.0200. The number of rotatable bonds is 4. The maximum Gasteiger partial charge on any atom is 0.396 e. The van der Waals surface area contributed by atoms with Gasteiger partial charge in [-0.2, -0.15) is 13.2 Å². The monoisotopic (exact) mass is 408 g/mol. The number of carbonyl (C=O) groups is 1. The van der Waals surface area contributed by atoms with Crippen LogP contribution in [0.3, 0.4) is 0 Å². The maximum absolute atomic E-state index is 12.9. The highest BCUT2D eigenvalue weighted by atomic mass is 35.5. The minimum Gasteiger partial charge on any atom is -0.307 e. The van der Waals surface area contributed by atoms with Crippen LogP contribution in [0.4, 0.5) is 23.7 Å². The van der Waals surface area contributed by atoms with E-state index in [-0.39, 0.29) is 5.70 Å². The minimum atomic E-state index is -4.49. The van der Waals surface area contributed by atoms with Crippen LogP contribution in [0.2, 0.25) is 0 Å². The van der Waals surface area contributed by atoms with E-state index in [0.29, 0.717) is 5.69 Å². The van der Waals surface area contributed by atoms with Gasteiger partial charge in [0.25, 0.3) is 0 Å². The van der Waals surface area contributed by atoms with Gasteiger partial charge in [0.15, 0.2) is 0 Å². The van der Waals surface area contributed by atoms with E-state index in [1.807, 2.05) is 24.3 Å². The molecule has 1 aromatic heterocycles. The normalized spacial score (nSPS) is 18.9. The second kappa shape index (κ2) is 8.35. The number of allylic oxidation sites excluding steroid dienone is 3. The highest BCUT2D eigenvalue weighted by Crippen LogP contribution is 2.35. The van der Waals surface area contributed by atoms with Crippen molar-refractivity contribution in [2.75, 3.05) is 5.43 Å². The van der Waals surface area contributed by atoms with Crippen LogP contribution in [-0.4, -0.2) is 22.6 Å². The Morgan fingerprint density at radius 3 is 2.32 bits per heavy atom. The van der Waals surface area contributed by atoms with E-state index in [9.17, 15) is 18.0 Å². The molecule has 2 aromatic rings. The second-order valence-corrected chi connectivity index (χ2v) is 6.51. The number of alkyl halides is 4. The van der Waals surface area contributed by atoms with Crippen LogP contribution in [-0.2, 0) is 0 Å². The number of hydrogen-bond donors (Lipinski definition) is 3. The lowest BCUT2D eigenvalue weighted by molar-refractivity contribution is -0.159. The second-order valence-electron chi connectivity index (χ2n) is 6.01. The fourth-order valence-corrected chi connectivity index (χ4v) is 2.88. The molecule has 0 spiro atoms. The van der Waals surface area contributed by atoms with Crippen LogP contribution in [0.5, 0.6) is 0 Å². The molecule has 2 atom stereocenters. The molecule has 0 radical (unpaired) electrons. The summed E-state index contributed by atoms with van der Waals surface area (Å²) < 4.78 is 38.8. The zero-order valence-corrected chi connectivity index (χ0v) is 15.1. The first kappa shape index (κ1) is 19.8. The smallest absolute Gasteiger partial charge is 0.307 e. The number of amides is 2. The number of hydrogen-bond acceptors (Lipinski definition) is 3. The van der Waals surface area contributed by atoms with Gasteiger partial charge in [-0.05, 0) is 47.5 Å². The number of urea groups is 1. The molecule has 5 nitrogen and oxygen atoms in total. The average Bonchev–Trinajstić information content (AvgIpc) is 2.68. The Morgan fingerprint density at radius 1 is 1.04 bits per heavy atom. The van der Waals surface area contributed by atoms with Gasteiger partial charge in [-0.1, -0.05) is 18.2 Å². The molecule has 0 saturated carbocycles. The topological polar surface area (TPSA) is 66.0 Å². The van der Waals surface area contributed by atoms with E-state index in [4.69, 9.17) is 11.6 Å². The van der Waals surface area contributed by atoms with Gasteiger partial charge in [0.05, 0.1) is 17.0 Å². The number of nitrogens with zero attached hydrogens (tertiary/aromatic N) is 1. The van der Waals surface area contributed by atoms with Gasteiger partial charge in [-0.3, -0.25) is 15.8 Å². The summed E-state index contributed by atoms with van der Waals surface area (Å²) in [6.45, 7) is 0. The molecule has 1 aliphatic rings. The van der Waals surface area contributed by atoms with Gasteiger partial charge in [0.2, 0.25) is 0 Å². The van der Waals surface area contributed by atoms with Crippen molar-refractivity contribution in [1.29, 1.82) is 0 Å². The number of carbonyl (C=O) groups excluding carboxylic acids is 1. The third-order valence-corrected chi connectivity index (χ3v) is 4.43. The summed E-state index contributed by atoms with van der Waals surface area (Å²) in [5.74, 6) is -1.86. The summed E-state index contributed by atoms with van der Waals surface area (Å²) in [5, 5.41) is 1.14. The van der Waals surface area contributed by atoms with Crippen LogP contribution in [0, 0.1) is 5.92 Å². The largest absolute Gasteiger partial charge is 0.396 e. The van der Waals surface area contributed by atoms with E-state index >= 15 is 0 Å². The van der Waals surface area contributed by atoms with E-state index in [0.717, 1.165) is 17.2 Å². The van der Waals surface area contributed by atoms with Crippen LogP contribution in [0.15, 0.2) is 72.7 Å². The fraction of sp³-hybridized carbons (Fsp3) is 0.158. The van der Waals surface area contributed by atoms with Gasteiger partial charge < -0.3 is 5.32 Å². The summed E-state index contributed by atoms with van der Waals surface area (Å²) in [6.07, 6.45) is 2.31. The Bertz CT molecular complexity index is 882. The number of aromatic nitrogens is 1. The van der Waals surface area contributed by atoms with E-state index in [1.165, 1.54) is 12.2 Å². The molecule has 1 aliphatic carbocycles. The van der Waals surface area contributed by atoms with Crippen molar-refractivity contribution in [1.82, 2.24) is 15.7 Å². The summed E-state index contributed by atoms with van der Waals surface area (Å²) in [4.78, 5) is 15.9. The molecule has 2 amide bonds. The lowest BCUT2D eigenvalue weighted by atomic mass is 9.98. The lowest BCUT2D eigenvalue weighted by Gasteiger charge is -2.24. The molecule has 3 rings (SSSR count). The summed E-state index contributed by atoms with van der Waals surface area (Å²) in [7, 11) is 0. The molecule has 3 N–H and O–H groups in total. The van der Waals surface area contributed by atoms with E-state index in [2.05, 4.69) is 21.2 Å². The Balaban J connectivity index is 1.55. The molecule has 0 fully saturated rings. The first-order valence-electron chi connectivity index (χ1n) is 8.27. The van der Waals surface area contributed by atoms with Gasteiger partial charge >= 0.3 is 12.2 Å². The molecule has 0 aliphatic heterocycles. The summed E-state index contributed by atoms with van der Waals surface area (Å²) in [5.41, 5.74) is 7.66. The molecule has 9 heteroatoms. The van der Waals surface area contributed by atoms with E-state index < -0.39 is 23.5 Å². The molecule has 146 valence electrons. The molecule has 0 saturated heterocycles. The van der Waals surface area contributed by atoms with Crippen molar-refractivity contribution in [3.63, 3.8) is 0 Å². The molecule has 2 unspecified atom stereocenters. The Morgan fingerprint density at radius 2 is 1.68 bits per heavy atom. The number of hydrazine groups is 1. The fourth-order valence-electron chi connectivity index (χ4n) is 2.60. The molecular weight excluding hydrogens is 393 g/mol. The van der Waals surface area contributed by atoms with Crippen molar-refractivity contribution in [2.45, 2.75) is 11.6 Å². The van der Waals surface area contributed by atoms with Crippen molar-refractivity contribution in [3.05, 3.63) is 72.7 Å². The number of benzene rings is 1.